The van der Waals surface area contributed by atoms with E-state index in [1.165, 1.54) is 5.56 Å². The third kappa shape index (κ3) is 9.35. The Morgan fingerprint density at radius 2 is 1.45 bits per heavy atom. The second kappa shape index (κ2) is 17.5. The molecule has 0 saturated heterocycles. The van der Waals surface area contributed by atoms with Crippen LogP contribution in [0.5, 0.6) is 11.6 Å². The molecule has 166 valence electrons. The second-order valence-electron chi connectivity index (χ2n) is 5.53. The van der Waals surface area contributed by atoms with Crippen molar-refractivity contribution in [2.45, 2.75) is 48.1 Å². The van der Waals surface area contributed by atoms with Crippen LogP contribution in [0.2, 0.25) is 0 Å². The highest BCUT2D eigenvalue weighted by Crippen LogP contribution is 2.26. The summed E-state index contributed by atoms with van der Waals surface area (Å²) >= 11 is 0. The predicted molar refractivity (Wildman–Crippen MR) is 137 cm³/mol. The van der Waals surface area contributed by atoms with Crippen LogP contribution < -0.4 is 4.74 Å². The summed E-state index contributed by atoms with van der Waals surface area (Å²) in [6.07, 6.45) is 8.93. The van der Waals surface area contributed by atoms with Gasteiger partial charge in [-0.1, -0.05) is 115 Å². The zero-order chi connectivity index (χ0) is 23.5. The lowest BCUT2D eigenvalue weighted by Gasteiger charge is -2.10. The highest BCUT2D eigenvalue weighted by molar-refractivity contribution is 5.63. The molecule has 0 saturated carbocycles. The van der Waals surface area contributed by atoms with Crippen LogP contribution in [0.25, 0.3) is 11.1 Å². The predicted octanol–water partition coefficient (Wildman–Crippen LogP) is 8.72. The first-order valence-corrected chi connectivity index (χ1v) is 11.1. The second-order valence-corrected chi connectivity index (χ2v) is 5.53. The van der Waals surface area contributed by atoms with Crippen molar-refractivity contribution in [3.05, 3.63) is 104 Å². The van der Waals surface area contributed by atoms with Crippen molar-refractivity contribution in [2.24, 2.45) is 0 Å². The van der Waals surface area contributed by atoms with Crippen LogP contribution in [0.3, 0.4) is 0 Å². The molecule has 0 aliphatic carbocycles. The van der Waals surface area contributed by atoms with Gasteiger partial charge in [0.05, 0.1) is 19.1 Å². The molecule has 0 spiro atoms. The molecule has 1 aromatic heterocycles. The average molecular weight is 419 g/mol. The molecular weight excluding hydrogens is 380 g/mol. The molecule has 0 unspecified atom stereocenters. The van der Waals surface area contributed by atoms with Gasteiger partial charge in [0.15, 0.2) is 0 Å². The lowest BCUT2D eigenvalue weighted by atomic mass is 10.1. The molecule has 2 aromatic carbocycles. The highest BCUT2D eigenvalue weighted by atomic mass is 16.5. The van der Waals surface area contributed by atoms with E-state index in [-0.39, 0.29) is 0 Å². The molecule has 0 aliphatic rings. The number of allylic oxidation sites excluding steroid dienone is 4. The van der Waals surface area contributed by atoms with Crippen molar-refractivity contribution in [3.8, 4) is 22.8 Å². The number of rotatable bonds is 7. The highest BCUT2D eigenvalue weighted by Gasteiger charge is 2.06. The van der Waals surface area contributed by atoms with Crippen molar-refractivity contribution < 1.29 is 4.74 Å². The fourth-order valence-electron chi connectivity index (χ4n) is 2.51. The van der Waals surface area contributed by atoms with E-state index < -0.39 is 0 Å². The summed E-state index contributed by atoms with van der Waals surface area (Å²) in [5, 5.41) is 0. The van der Waals surface area contributed by atoms with E-state index in [9.17, 15) is 0 Å². The third-order valence-corrected chi connectivity index (χ3v) is 3.80. The van der Waals surface area contributed by atoms with Crippen molar-refractivity contribution in [3.63, 3.8) is 0 Å². The van der Waals surface area contributed by atoms with Gasteiger partial charge in [-0.3, -0.25) is 4.57 Å². The third-order valence-electron chi connectivity index (χ3n) is 3.80. The minimum atomic E-state index is 0.632. The average Bonchev–Trinajstić information content (AvgIpc) is 3.30. The Morgan fingerprint density at radius 1 is 0.871 bits per heavy atom. The van der Waals surface area contributed by atoms with Gasteiger partial charge in [0.25, 0.3) is 0 Å². The first-order valence-electron chi connectivity index (χ1n) is 11.1. The number of imidazole rings is 1. The SMILES string of the molecule is C=C/C=C(\C=C)Cn1cncc1Oc1ccc(-c2ccccc2)cc1.CC.CC.CC. The van der Waals surface area contributed by atoms with Crippen LogP contribution in [-0.2, 0) is 6.54 Å². The Hall–Kier alpha value is -3.33. The van der Waals surface area contributed by atoms with E-state index in [1.807, 2.05) is 82.5 Å². The van der Waals surface area contributed by atoms with Gasteiger partial charge >= 0.3 is 0 Å². The number of hydrogen-bond acceptors (Lipinski definition) is 2. The maximum Gasteiger partial charge on any atom is 0.219 e. The van der Waals surface area contributed by atoms with Crippen molar-refractivity contribution in [1.29, 1.82) is 0 Å². The van der Waals surface area contributed by atoms with Crippen LogP contribution in [0.1, 0.15) is 41.5 Å². The number of nitrogens with zero attached hydrogens (tertiary/aromatic N) is 2. The first kappa shape index (κ1) is 27.7. The van der Waals surface area contributed by atoms with E-state index in [4.69, 9.17) is 4.74 Å². The zero-order valence-corrected chi connectivity index (χ0v) is 20.0. The topological polar surface area (TPSA) is 27.1 Å². The summed E-state index contributed by atoms with van der Waals surface area (Å²) in [6, 6.07) is 18.3. The van der Waals surface area contributed by atoms with Crippen LogP contribution >= 0.6 is 0 Å². The molecule has 0 bridgehead atoms. The summed E-state index contributed by atoms with van der Waals surface area (Å²) in [7, 11) is 0. The number of aromatic nitrogens is 2. The van der Waals surface area contributed by atoms with E-state index in [1.54, 1.807) is 24.7 Å². The lowest BCUT2D eigenvalue weighted by molar-refractivity contribution is 0.436. The van der Waals surface area contributed by atoms with E-state index in [2.05, 4.69) is 42.4 Å². The fraction of sp³-hybridized carbons (Fsp3) is 0.250. The summed E-state index contributed by atoms with van der Waals surface area (Å²) in [5.74, 6) is 1.46. The smallest absolute Gasteiger partial charge is 0.219 e. The van der Waals surface area contributed by atoms with Gasteiger partial charge in [-0.2, -0.15) is 0 Å². The molecule has 3 rings (SSSR count). The van der Waals surface area contributed by atoms with E-state index in [0.717, 1.165) is 16.9 Å². The molecule has 0 aliphatic heterocycles. The maximum absolute atomic E-state index is 5.98. The Labute approximate surface area is 189 Å². The summed E-state index contributed by atoms with van der Waals surface area (Å²) in [4.78, 5) is 4.18. The quantitative estimate of drug-likeness (QED) is 0.359. The molecule has 0 N–H and O–H groups in total. The Morgan fingerprint density at radius 3 is 2.00 bits per heavy atom. The van der Waals surface area contributed by atoms with Crippen molar-refractivity contribution >= 4 is 0 Å². The molecule has 3 aromatic rings. The molecule has 1 heterocycles. The van der Waals surface area contributed by atoms with E-state index >= 15 is 0 Å². The largest absolute Gasteiger partial charge is 0.439 e. The van der Waals surface area contributed by atoms with Gasteiger partial charge in [-0.25, -0.2) is 4.98 Å². The zero-order valence-electron chi connectivity index (χ0n) is 20.0. The minimum Gasteiger partial charge on any atom is -0.439 e. The molecule has 0 atom stereocenters. The Kier molecular flexibility index (Phi) is 15.6. The number of benzene rings is 2. The van der Waals surface area contributed by atoms with Gasteiger partial charge < -0.3 is 4.74 Å². The minimum absolute atomic E-state index is 0.632. The molecule has 0 radical (unpaired) electrons. The molecule has 3 nitrogen and oxygen atoms in total. The number of ether oxygens (including phenoxy) is 1. The fourth-order valence-corrected chi connectivity index (χ4v) is 2.51. The molecule has 31 heavy (non-hydrogen) atoms. The van der Waals surface area contributed by atoms with Crippen LogP contribution in [0.4, 0.5) is 0 Å². The van der Waals surface area contributed by atoms with Crippen LogP contribution in [0.15, 0.2) is 104 Å². The van der Waals surface area contributed by atoms with Gasteiger partial charge in [-0.15, -0.1) is 0 Å². The Bertz CT molecular complexity index is 875. The normalized spacial score (nSPS) is 9.55. The van der Waals surface area contributed by atoms with Crippen LogP contribution in [-0.4, -0.2) is 9.55 Å². The van der Waals surface area contributed by atoms with Gasteiger partial charge in [0.2, 0.25) is 5.88 Å². The first-order chi connectivity index (χ1) is 15.3. The molecule has 3 heteroatoms. The summed E-state index contributed by atoms with van der Waals surface area (Å²) < 4.78 is 7.91. The van der Waals surface area contributed by atoms with Crippen molar-refractivity contribution in [2.75, 3.05) is 0 Å². The maximum atomic E-state index is 5.98. The standard InChI is InChI=1S/C22H20N2O.3C2H6/c1-3-8-18(4-2)16-24-17-23-15-22(24)25-21-13-11-20(12-14-21)19-9-6-5-7-10-19;3*1-2/h3-15,17H,1-2,16H2;3*1-2H3/b18-8+;;;. The van der Waals surface area contributed by atoms with Crippen molar-refractivity contribution in [1.82, 2.24) is 9.55 Å². The molecular formula is C28H38N2O. The lowest BCUT2D eigenvalue weighted by Crippen LogP contribution is -2.00. The molecule has 0 fully saturated rings. The monoisotopic (exact) mass is 418 g/mol. The summed E-state index contributed by atoms with van der Waals surface area (Å²) in [6.45, 7) is 20.2. The molecule has 0 amide bonds. The van der Waals surface area contributed by atoms with E-state index in [0.29, 0.717) is 12.4 Å². The van der Waals surface area contributed by atoms with Gasteiger partial charge in [0.1, 0.15) is 5.75 Å². The van der Waals surface area contributed by atoms with Crippen LogP contribution in [0, 0.1) is 0 Å². The van der Waals surface area contributed by atoms with Gasteiger partial charge in [0, 0.05) is 0 Å². The van der Waals surface area contributed by atoms with Gasteiger partial charge in [-0.05, 0) is 28.8 Å². The summed E-state index contributed by atoms with van der Waals surface area (Å²) in [5.41, 5.74) is 3.38. The number of hydrogen-bond donors (Lipinski definition) is 0. The Balaban J connectivity index is 0.00000138.